The summed E-state index contributed by atoms with van der Waals surface area (Å²) in [5.74, 6) is 1.81. The van der Waals surface area contributed by atoms with Gasteiger partial charge in [-0.05, 0) is 19.3 Å². The molecule has 0 N–H and O–H groups in total. The van der Waals surface area contributed by atoms with Crippen LogP contribution in [0.25, 0.3) is 0 Å². The molecule has 0 bridgehead atoms. The molecule has 0 aromatic carbocycles. The molecule has 72 valence electrons. The van der Waals surface area contributed by atoms with Gasteiger partial charge in [-0.2, -0.15) is 0 Å². The molecule has 1 aromatic heterocycles. The van der Waals surface area contributed by atoms with Crippen molar-refractivity contribution in [2.24, 2.45) is 0 Å². The van der Waals surface area contributed by atoms with Crippen molar-refractivity contribution in [3.8, 4) is 0 Å². The van der Waals surface area contributed by atoms with E-state index in [9.17, 15) is 0 Å². The molecule has 1 aromatic rings. The minimum Gasteiger partial charge on any atom is -0.423 e. The van der Waals surface area contributed by atoms with Crippen LogP contribution in [0.3, 0.4) is 0 Å². The van der Waals surface area contributed by atoms with Crippen molar-refractivity contribution in [2.45, 2.75) is 43.4 Å². The Kier molecular flexibility index (Phi) is 2.18. The third-order valence-corrected chi connectivity index (χ3v) is 3.60. The Morgan fingerprint density at radius 2 is 2.08 bits per heavy atom. The Balaban J connectivity index is 2.22. The molecule has 0 saturated heterocycles. The highest BCUT2D eigenvalue weighted by Crippen LogP contribution is 2.48. The van der Waals surface area contributed by atoms with Crippen molar-refractivity contribution in [3.63, 3.8) is 0 Å². The van der Waals surface area contributed by atoms with E-state index in [4.69, 9.17) is 4.42 Å². The van der Waals surface area contributed by atoms with Gasteiger partial charge in [0, 0.05) is 5.92 Å². The normalized spacial score (nSPS) is 20.3. The average Bonchev–Trinajstić information content (AvgIpc) is 2.48. The van der Waals surface area contributed by atoms with E-state index in [1.165, 1.54) is 6.42 Å². The Morgan fingerprint density at radius 3 is 2.46 bits per heavy atom. The van der Waals surface area contributed by atoms with Gasteiger partial charge in [-0.1, -0.05) is 29.8 Å². The number of aromatic nitrogens is 2. The predicted octanol–water partition coefficient (Wildman–Crippen LogP) is 2.97. The van der Waals surface area contributed by atoms with Gasteiger partial charge in [0.1, 0.15) is 4.32 Å². The molecule has 1 fully saturated rings. The summed E-state index contributed by atoms with van der Waals surface area (Å²) in [4.78, 5) is 0. The highest BCUT2D eigenvalue weighted by Gasteiger charge is 2.41. The molecule has 0 aliphatic heterocycles. The van der Waals surface area contributed by atoms with Crippen molar-refractivity contribution in [3.05, 3.63) is 11.8 Å². The third-order valence-electron chi connectivity index (χ3n) is 2.46. The summed E-state index contributed by atoms with van der Waals surface area (Å²) in [7, 11) is 0. The lowest BCUT2D eigenvalue weighted by Gasteiger charge is -2.32. The Morgan fingerprint density at radius 1 is 1.38 bits per heavy atom. The fourth-order valence-electron chi connectivity index (χ4n) is 1.35. The lowest BCUT2D eigenvalue weighted by molar-refractivity contribution is 0.295. The van der Waals surface area contributed by atoms with E-state index in [2.05, 4.69) is 40.0 Å². The molecule has 1 heterocycles. The fourth-order valence-corrected chi connectivity index (χ4v) is 2.07. The zero-order valence-electron chi connectivity index (χ0n) is 7.88. The molecule has 1 saturated carbocycles. The van der Waals surface area contributed by atoms with E-state index in [1.807, 2.05) is 0 Å². The van der Waals surface area contributed by atoms with Gasteiger partial charge in [0.05, 0.1) is 0 Å². The highest BCUT2D eigenvalue weighted by molar-refractivity contribution is 9.09. The molecule has 3 nitrogen and oxygen atoms in total. The maximum absolute atomic E-state index is 5.58. The van der Waals surface area contributed by atoms with Crippen LogP contribution in [-0.4, -0.2) is 10.2 Å². The smallest absolute Gasteiger partial charge is 0.233 e. The zero-order valence-corrected chi connectivity index (χ0v) is 9.47. The van der Waals surface area contributed by atoms with Crippen LogP contribution >= 0.6 is 15.9 Å². The molecule has 1 aliphatic rings. The van der Waals surface area contributed by atoms with E-state index in [0.717, 1.165) is 24.6 Å². The van der Waals surface area contributed by atoms with Crippen LogP contribution in [0.5, 0.6) is 0 Å². The summed E-state index contributed by atoms with van der Waals surface area (Å²) in [5.41, 5.74) is 0. The molecule has 4 heteroatoms. The topological polar surface area (TPSA) is 38.9 Å². The Hall–Kier alpha value is -0.380. The number of nitrogens with zero attached hydrogens (tertiary/aromatic N) is 2. The molecule has 0 spiro atoms. The van der Waals surface area contributed by atoms with Gasteiger partial charge in [0.2, 0.25) is 11.8 Å². The first kappa shape index (κ1) is 9.19. The van der Waals surface area contributed by atoms with Gasteiger partial charge >= 0.3 is 0 Å². The lowest BCUT2D eigenvalue weighted by Crippen LogP contribution is -2.27. The van der Waals surface area contributed by atoms with Crippen LogP contribution in [0.1, 0.15) is 50.8 Å². The largest absolute Gasteiger partial charge is 0.423 e. The fraction of sp³-hybridized carbons (Fsp3) is 0.778. The van der Waals surface area contributed by atoms with E-state index in [-0.39, 0.29) is 4.32 Å². The van der Waals surface area contributed by atoms with Crippen LogP contribution in [0.15, 0.2) is 4.42 Å². The van der Waals surface area contributed by atoms with E-state index in [1.54, 1.807) is 0 Å². The van der Waals surface area contributed by atoms with Crippen LogP contribution in [0.4, 0.5) is 0 Å². The highest BCUT2D eigenvalue weighted by atomic mass is 79.9. The van der Waals surface area contributed by atoms with Crippen molar-refractivity contribution in [1.82, 2.24) is 10.2 Å². The number of rotatable bonds is 2. The molecule has 0 radical (unpaired) electrons. The second kappa shape index (κ2) is 3.08. The van der Waals surface area contributed by atoms with Crippen molar-refractivity contribution in [1.29, 1.82) is 0 Å². The summed E-state index contributed by atoms with van der Waals surface area (Å²) in [6.45, 7) is 4.11. The maximum atomic E-state index is 5.58. The third kappa shape index (κ3) is 1.52. The van der Waals surface area contributed by atoms with Crippen LogP contribution in [-0.2, 0) is 4.32 Å². The summed E-state index contributed by atoms with van der Waals surface area (Å²) in [6.07, 6.45) is 3.45. The number of hydrogen-bond donors (Lipinski definition) is 0. The first-order chi connectivity index (χ1) is 6.12. The summed E-state index contributed by atoms with van der Waals surface area (Å²) < 4.78 is 5.58. The maximum Gasteiger partial charge on any atom is 0.233 e. The average molecular weight is 245 g/mol. The van der Waals surface area contributed by atoms with Crippen molar-refractivity contribution in [2.75, 3.05) is 0 Å². The monoisotopic (exact) mass is 244 g/mol. The van der Waals surface area contributed by atoms with E-state index >= 15 is 0 Å². The predicted molar refractivity (Wildman–Crippen MR) is 52.8 cm³/mol. The first-order valence-corrected chi connectivity index (χ1v) is 5.44. The Labute approximate surface area is 86.0 Å². The van der Waals surface area contributed by atoms with Gasteiger partial charge < -0.3 is 4.42 Å². The summed E-state index contributed by atoms with van der Waals surface area (Å²) >= 11 is 3.64. The van der Waals surface area contributed by atoms with E-state index < -0.39 is 0 Å². The molecular formula is C9H13BrN2O. The zero-order chi connectivity index (χ0) is 9.47. The van der Waals surface area contributed by atoms with Gasteiger partial charge in [0.25, 0.3) is 0 Å². The number of halogens is 1. The quantitative estimate of drug-likeness (QED) is 0.752. The number of alkyl halides is 1. The molecule has 1 aliphatic carbocycles. The van der Waals surface area contributed by atoms with Crippen molar-refractivity contribution >= 4 is 15.9 Å². The second-order valence-corrected chi connectivity index (χ2v) is 5.44. The minimum atomic E-state index is -0.00681. The van der Waals surface area contributed by atoms with Gasteiger partial charge in [0.15, 0.2) is 0 Å². The van der Waals surface area contributed by atoms with Gasteiger partial charge in [-0.25, -0.2) is 0 Å². The van der Waals surface area contributed by atoms with Gasteiger partial charge in [-0.3, -0.25) is 0 Å². The molecule has 13 heavy (non-hydrogen) atoms. The van der Waals surface area contributed by atoms with Crippen LogP contribution in [0, 0.1) is 0 Å². The number of hydrogen-bond acceptors (Lipinski definition) is 3. The molecule has 0 unspecified atom stereocenters. The SMILES string of the molecule is CC(C)c1nnc(C2(Br)CCC2)o1. The standard InChI is InChI=1S/C9H13BrN2O/c1-6(2)7-11-12-8(13-7)9(10)4-3-5-9/h6H,3-5H2,1-2H3. The molecular weight excluding hydrogens is 232 g/mol. The van der Waals surface area contributed by atoms with Crippen LogP contribution in [0.2, 0.25) is 0 Å². The minimum absolute atomic E-state index is 0.00681. The van der Waals surface area contributed by atoms with Crippen LogP contribution < -0.4 is 0 Å². The van der Waals surface area contributed by atoms with Gasteiger partial charge in [-0.15, -0.1) is 10.2 Å². The summed E-state index contributed by atoms with van der Waals surface area (Å²) in [5, 5.41) is 8.08. The molecule has 2 rings (SSSR count). The summed E-state index contributed by atoms with van der Waals surface area (Å²) in [6, 6.07) is 0. The first-order valence-electron chi connectivity index (χ1n) is 4.64. The second-order valence-electron chi connectivity index (χ2n) is 3.92. The lowest BCUT2D eigenvalue weighted by atomic mass is 9.85. The molecule has 0 atom stereocenters. The Bertz CT molecular complexity index is 304. The molecule has 0 amide bonds. The van der Waals surface area contributed by atoms with E-state index in [0.29, 0.717) is 5.92 Å². The van der Waals surface area contributed by atoms with Crippen molar-refractivity contribution < 1.29 is 4.42 Å².